The summed E-state index contributed by atoms with van der Waals surface area (Å²) in [6.45, 7) is 2.48. The third kappa shape index (κ3) is 13.2. The number of nitrogens with one attached hydrogen (secondary N) is 3. The summed E-state index contributed by atoms with van der Waals surface area (Å²) < 4.78 is 0. The number of hydrogen-bond acceptors (Lipinski definition) is 9. The van der Waals surface area contributed by atoms with Gasteiger partial charge in [0.2, 0.25) is 11.8 Å². The Hall–Kier alpha value is -1.93. The Balaban J connectivity index is 4.84. The highest BCUT2D eigenvalue weighted by Crippen LogP contribution is 2.08. The fraction of sp³-hybridized carbons (Fsp3) is 0.778. The predicted octanol–water partition coefficient (Wildman–Crippen LogP) is -1.53. The number of amides is 2. The SMILES string of the molecule is CCCN(N)C(CCCCN)N[C@@H](CCC(=O)N[C@@H](CS)C(=O)NCC(=O)O)C(=O)O. The van der Waals surface area contributed by atoms with Gasteiger partial charge in [-0.05, 0) is 38.6 Å². The van der Waals surface area contributed by atoms with Gasteiger partial charge in [-0.3, -0.25) is 30.3 Å². The molecular weight excluding hydrogens is 428 g/mol. The van der Waals surface area contributed by atoms with Gasteiger partial charge < -0.3 is 26.6 Å². The Kier molecular flexibility index (Phi) is 15.7. The van der Waals surface area contributed by atoms with Crippen molar-refractivity contribution in [1.29, 1.82) is 0 Å². The second-order valence-electron chi connectivity index (χ2n) is 7.05. The number of hydrogen-bond donors (Lipinski definition) is 8. The normalized spacial score (nSPS) is 14.0. The van der Waals surface area contributed by atoms with Crippen molar-refractivity contribution in [2.75, 3.05) is 25.4 Å². The van der Waals surface area contributed by atoms with Gasteiger partial charge in [-0.2, -0.15) is 12.6 Å². The molecule has 180 valence electrons. The van der Waals surface area contributed by atoms with Crippen molar-refractivity contribution >= 4 is 36.4 Å². The van der Waals surface area contributed by atoms with Crippen LogP contribution in [0.2, 0.25) is 0 Å². The van der Waals surface area contributed by atoms with E-state index in [4.69, 9.17) is 16.7 Å². The number of unbranched alkanes of at least 4 members (excludes halogenated alkanes) is 1. The summed E-state index contributed by atoms with van der Waals surface area (Å²) in [5.41, 5.74) is 5.52. The van der Waals surface area contributed by atoms with Crippen LogP contribution in [-0.4, -0.2) is 82.6 Å². The summed E-state index contributed by atoms with van der Waals surface area (Å²) in [7, 11) is 0. The maximum absolute atomic E-state index is 12.2. The molecule has 0 radical (unpaired) electrons. The first-order valence-corrected chi connectivity index (χ1v) is 10.9. The number of carboxylic acids is 2. The Morgan fingerprint density at radius 1 is 1.10 bits per heavy atom. The molecule has 0 saturated carbocycles. The Morgan fingerprint density at radius 3 is 2.29 bits per heavy atom. The highest BCUT2D eigenvalue weighted by Gasteiger charge is 2.26. The zero-order valence-corrected chi connectivity index (χ0v) is 18.8. The summed E-state index contributed by atoms with van der Waals surface area (Å²) in [6.07, 6.45) is 2.39. The molecule has 0 bridgehead atoms. The summed E-state index contributed by atoms with van der Waals surface area (Å²) in [5.74, 6) is 2.45. The second kappa shape index (κ2) is 16.7. The molecule has 0 heterocycles. The van der Waals surface area contributed by atoms with E-state index >= 15 is 0 Å². The van der Waals surface area contributed by atoms with E-state index in [1.807, 2.05) is 6.92 Å². The van der Waals surface area contributed by atoms with E-state index in [-0.39, 0.29) is 24.8 Å². The molecule has 0 aromatic rings. The van der Waals surface area contributed by atoms with Crippen LogP contribution in [0.4, 0.5) is 0 Å². The zero-order chi connectivity index (χ0) is 23.8. The van der Waals surface area contributed by atoms with Gasteiger partial charge in [0.1, 0.15) is 18.6 Å². The lowest BCUT2D eigenvalue weighted by atomic mass is 10.1. The van der Waals surface area contributed by atoms with E-state index < -0.39 is 42.4 Å². The summed E-state index contributed by atoms with van der Waals surface area (Å²) >= 11 is 3.99. The number of nitrogens with two attached hydrogens (primary N) is 2. The van der Waals surface area contributed by atoms with Crippen molar-refractivity contribution in [2.24, 2.45) is 11.6 Å². The van der Waals surface area contributed by atoms with Crippen molar-refractivity contribution in [2.45, 2.75) is 63.7 Å². The lowest BCUT2D eigenvalue weighted by molar-refractivity contribution is -0.140. The quantitative estimate of drug-likeness (QED) is 0.0386. The Morgan fingerprint density at radius 2 is 1.77 bits per heavy atom. The number of hydrazine groups is 1. The summed E-state index contributed by atoms with van der Waals surface area (Å²) in [4.78, 5) is 46.3. The molecule has 2 amide bonds. The molecule has 0 saturated heterocycles. The molecule has 0 aromatic heterocycles. The van der Waals surface area contributed by atoms with Crippen LogP contribution in [0.25, 0.3) is 0 Å². The minimum atomic E-state index is -1.22. The third-order valence-corrected chi connectivity index (χ3v) is 4.78. The van der Waals surface area contributed by atoms with Gasteiger partial charge in [-0.15, -0.1) is 0 Å². The van der Waals surface area contributed by atoms with Crippen molar-refractivity contribution in [3.63, 3.8) is 0 Å². The molecule has 9 N–H and O–H groups in total. The van der Waals surface area contributed by atoms with Crippen LogP contribution in [0.3, 0.4) is 0 Å². The highest BCUT2D eigenvalue weighted by molar-refractivity contribution is 7.80. The molecule has 0 fully saturated rings. The molecule has 31 heavy (non-hydrogen) atoms. The lowest BCUT2D eigenvalue weighted by Gasteiger charge is -2.31. The van der Waals surface area contributed by atoms with Crippen LogP contribution in [0.15, 0.2) is 0 Å². The summed E-state index contributed by atoms with van der Waals surface area (Å²) in [6, 6.07) is -2.05. The average Bonchev–Trinajstić information content (AvgIpc) is 2.71. The number of aliphatic carboxylic acids is 2. The van der Waals surface area contributed by atoms with E-state index in [1.54, 1.807) is 5.01 Å². The molecule has 0 rings (SSSR count). The van der Waals surface area contributed by atoms with E-state index in [1.165, 1.54) is 0 Å². The van der Waals surface area contributed by atoms with Crippen molar-refractivity contribution in [1.82, 2.24) is 21.0 Å². The molecule has 0 spiro atoms. The van der Waals surface area contributed by atoms with Gasteiger partial charge in [0.15, 0.2) is 0 Å². The van der Waals surface area contributed by atoms with Crippen LogP contribution in [-0.2, 0) is 19.2 Å². The fourth-order valence-electron chi connectivity index (χ4n) is 2.77. The molecule has 0 aromatic carbocycles. The maximum Gasteiger partial charge on any atom is 0.322 e. The third-order valence-electron chi connectivity index (χ3n) is 4.41. The van der Waals surface area contributed by atoms with E-state index in [2.05, 4.69) is 28.6 Å². The first-order chi connectivity index (χ1) is 14.7. The van der Waals surface area contributed by atoms with Gasteiger partial charge in [0.25, 0.3) is 0 Å². The fourth-order valence-corrected chi connectivity index (χ4v) is 3.03. The summed E-state index contributed by atoms with van der Waals surface area (Å²) in [5, 5.41) is 27.3. The number of rotatable bonds is 18. The molecule has 1 unspecified atom stereocenters. The highest BCUT2D eigenvalue weighted by atomic mass is 32.1. The molecular formula is C18H36N6O6S. The lowest BCUT2D eigenvalue weighted by Crippen LogP contribution is -2.55. The first-order valence-electron chi connectivity index (χ1n) is 10.3. The van der Waals surface area contributed by atoms with Crippen LogP contribution in [0.5, 0.6) is 0 Å². The molecule has 0 aliphatic heterocycles. The minimum absolute atomic E-state index is 0.0233. The van der Waals surface area contributed by atoms with Gasteiger partial charge in [0.05, 0.1) is 6.17 Å². The number of carbonyl (C=O) groups is 4. The number of carbonyl (C=O) groups excluding carboxylic acids is 2. The average molecular weight is 465 g/mol. The number of nitrogens with zero attached hydrogens (tertiary/aromatic N) is 1. The van der Waals surface area contributed by atoms with Gasteiger partial charge in [-0.1, -0.05) is 6.92 Å². The molecule has 0 aliphatic carbocycles. The van der Waals surface area contributed by atoms with Gasteiger partial charge >= 0.3 is 11.9 Å². The molecule has 12 nitrogen and oxygen atoms in total. The van der Waals surface area contributed by atoms with Gasteiger partial charge in [0, 0.05) is 18.7 Å². The topological polar surface area (TPSA) is 200 Å². The van der Waals surface area contributed by atoms with Crippen LogP contribution >= 0.6 is 12.6 Å². The molecule has 0 aliphatic rings. The number of thiol groups is 1. The Bertz CT molecular complexity index is 582. The van der Waals surface area contributed by atoms with Crippen LogP contribution < -0.4 is 27.5 Å². The van der Waals surface area contributed by atoms with E-state index in [0.29, 0.717) is 19.5 Å². The zero-order valence-electron chi connectivity index (χ0n) is 17.9. The van der Waals surface area contributed by atoms with Crippen molar-refractivity contribution in [3.05, 3.63) is 0 Å². The largest absolute Gasteiger partial charge is 0.480 e. The molecule has 3 atom stereocenters. The maximum atomic E-state index is 12.2. The smallest absolute Gasteiger partial charge is 0.322 e. The van der Waals surface area contributed by atoms with Crippen molar-refractivity contribution in [3.8, 4) is 0 Å². The van der Waals surface area contributed by atoms with Gasteiger partial charge in [-0.25, -0.2) is 5.01 Å². The second-order valence-corrected chi connectivity index (χ2v) is 7.41. The monoisotopic (exact) mass is 464 g/mol. The predicted molar refractivity (Wildman–Crippen MR) is 118 cm³/mol. The van der Waals surface area contributed by atoms with Crippen LogP contribution in [0, 0.1) is 0 Å². The van der Waals surface area contributed by atoms with Crippen molar-refractivity contribution < 1.29 is 29.4 Å². The van der Waals surface area contributed by atoms with Crippen LogP contribution in [0.1, 0.15) is 45.4 Å². The molecule has 13 heteroatoms. The minimum Gasteiger partial charge on any atom is -0.480 e. The van der Waals surface area contributed by atoms with E-state index in [0.717, 1.165) is 19.3 Å². The van der Waals surface area contributed by atoms with E-state index in [9.17, 15) is 24.3 Å². The Labute approximate surface area is 187 Å². The number of carboxylic acid groups (broad SMARTS) is 2. The standard InChI is InChI=1S/C18H36N6O6S/c1-2-9-24(20)14(5-3-4-8-19)22-12(18(29)30)6-7-15(25)23-13(11-31)17(28)21-10-16(26)27/h12-14,22,31H,2-11,19-20H2,1H3,(H,21,28)(H,23,25)(H,26,27)(H,29,30)/t12-,13-,14?/m0/s1. The first kappa shape index (κ1) is 29.1.